The van der Waals surface area contributed by atoms with Crippen LogP contribution in [0.25, 0.3) is 5.70 Å². The summed E-state index contributed by atoms with van der Waals surface area (Å²) < 4.78 is 5.78. The van der Waals surface area contributed by atoms with Crippen LogP contribution < -0.4 is 0 Å². The molecule has 0 amide bonds. The number of morpholine rings is 1. The fraction of sp³-hybridized carbons (Fsp3) is 0.500. The van der Waals surface area contributed by atoms with Crippen molar-refractivity contribution in [1.82, 2.24) is 4.90 Å². The molecule has 18 heavy (non-hydrogen) atoms. The van der Waals surface area contributed by atoms with E-state index in [2.05, 4.69) is 43.0 Å². The number of fused-ring (bicyclic) bond motifs is 1. The Hall–Kier alpha value is -1.28. The first-order valence-corrected chi connectivity index (χ1v) is 6.94. The van der Waals surface area contributed by atoms with Crippen molar-refractivity contribution in [3.05, 3.63) is 41.0 Å². The van der Waals surface area contributed by atoms with E-state index in [1.54, 1.807) is 0 Å². The minimum absolute atomic E-state index is 0.395. The molecule has 1 atom stereocenters. The predicted molar refractivity (Wildman–Crippen MR) is 74.3 cm³/mol. The number of allylic oxidation sites excluding steroid dienone is 1. The maximum atomic E-state index is 5.78. The lowest BCUT2D eigenvalue weighted by Gasteiger charge is -2.35. The minimum atomic E-state index is 0.395. The van der Waals surface area contributed by atoms with Crippen LogP contribution in [0, 0.1) is 0 Å². The van der Waals surface area contributed by atoms with Gasteiger partial charge in [-0.25, -0.2) is 0 Å². The lowest BCUT2D eigenvalue weighted by molar-refractivity contribution is -0.0103. The van der Waals surface area contributed by atoms with Gasteiger partial charge < -0.3 is 9.64 Å². The Labute approximate surface area is 109 Å². The van der Waals surface area contributed by atoms with Crippen LogP contribution in [-0.2, 0) is 11.2 Å². The molecule has 0 bridgehead atoms. The zero-order valence-electron chi connectivity index (χ0n) is 11.3. The maximum Gasteiger partial charge on any atom is 0.0748 e. The van der Waals surface area contributed by atoms with Crippen LogP contribution in [-0.4, -0.2) is 30.7 Å². The standard InChI is InChI=1S/C16H21NO/c1-3-14-11-17(8-9-18-14)16-12(2)10-13-6-4-5-7-15(13)16/h4-7,14H,3,8-11H2,1-2H3. The third kappa shape index (κ3) is 1.95. The normalized spacial score (nSPS) is 23.4. The molecule has 2 aliphatic rings. The van der Waals surface area contributed by atoms with Gasteiger partial charge in [0.05, 0.1) is 12.7 Å². The molecule has 0 saturated carbocycles. The highest BCUT2D eigenvalue weighted by Crippen LogP contribution is 2.35. The van der Waals surface area contributed by atoms with E-state index in [1.807, 2.05) is 0 Å². The van der Waals surface area contributed by atoms with E-state index in [0.717, 1.165) is 32.5 Å². The number of hydrogen-bond acceptors (Lipinski definition) is 2. The summed E-state index contributed by atoms with van der Waals surface area (Å²) in [5.41, 5.74) is 5.89. The zero-order chi connectivity index (χ0) is 12.5. The summed E-state index contributed by atoms with van der Waals surface area (Å²) in [6.07, 6.45) is 2.61. The van der Waals surface area contributed by atoms with Crippen molar-refractivity contribution in [2.45, 2.75) is 32.8 Å². The van der Waals surface area contributed by atoms with Crippen molar-refractivity contribution < 1.29 is 4.74 Å². The van der Waals surface area contributed by atoms with Gasteiger partial charge in [0.1, 0.15) is 0 Å². The zero-order valence-corrected chi connectivity index (χ0v) is 11.3. The third-order valence-corrected chi connectivity index (χ3v) is 4.04. The van der Waals surface area contributed by atoms with Crippen molar-refractivity contribution >= 4 is 5.70 Å². The Morgan fingerprint density at radius 1 is 1.33 bits per heavy atom. The summed E-state index contributed by atoms with van der Waals surface area (Å²) in [6.45, 7) is 7.40. The summed E-state index contributed by atoms with van der Waals surface area (Å²) >= 11 is 0. The number of hydrogen-bond donors (Lipinski definition) is 0. The van der Waals surface area contributed by atoms with E-state index in [1.165, 1.54) is 22.4 Å². The van der Waals surface area contributed by atoms with Crippen molar-refractivity contribution in [2.75, 3.05) is 19.7 Å². The van der Waals surface area contributed by atoms with Gasteiger partial charge in [-0.2, -0.15) is 0 Å². The van der Waals surface area contributed by atoms with Gasteiger partial charge in [0.2, 0.25) is 0 Å². The molecule has 0 radical (unpaired) electrons. The molecular weight excluding hydrogens is 222 g/mol. The Balaban J connectivity index is 1.90. The van der Waals surface area contributed by atoms with Gasteiger partial charge in [0, 0.05) is 24.4 Å². The quantitative estimate of drug-likeness (QED) is 0.791. The van der Waals surface area contributed by atoms with E-state index in [9.17, 15) is 0 Å². The van der Waals surface area contributed by atoms with E-state index < -0.39 is 0 Å². The summed E-state index contributed by atoms with van der Waals surface area (Å²) in [7, 11) is 0. The number of ether oxygens (including phenoxy) is 1. The van der Waals surface area contributed by atoms with E-state index >= 15 is 0 Å². The lowest BCUT2D eigenvalue weighted by Crippen LogP contribution is -2.41. The van der Waals surface area contributed by atoms with Gasteiger partial charge in [0.25, 0.3) is 0 Å². The van der Waals surface area contributed by atoms with E-state index in [-0.39, 0.29) is 0 Å². The summed E-state index contributed by atoms with van der Waals surface area (Å²) in [5, 5.41) is 0. The first-order chi connectivity index (χ1) is 8.79. The van der Waals surface area contributed by atoms with Crippen molar-refractivity contribution in [3.8, 4) is 0 Å². The molecule has 3 rings (SSSR count). The van der Waals surface area contributed by atoms with Gasteiger partial charge in [-0.3, -0.25) is 0 Å². The number of benzene rings is 1. The van der Waals surface area contributed by atoms with Crippen LogP contribution in [0.5, 0.6) is 0 Å². The average Bonchev–Trinajstić information content (AvgIpc) is 2.74. The Morgan fingerprint density at radius 2 is 2.17 bits per heavy atom. The maximum absolute atomic E-state index is 5.78. The Bertz CT molecular complexity index is 478. The highest BCUT2D eigenvalue weighted by Gasteiger charge is 2.27. The fourth-order valence-corrected chi connectivity index (χ4v) is 3.11. The lowest BCUT2D eigenvalue weighted by atomic mass is 10.1. The Morgan fingerprint density at radius 3 is 3.00 bits per heavy atom. The number of rotatable bonds is 2. The van der Waals surface area contributed by atoms with Crippen LogP contribution in [0.4, 0.5) is 0 Å². The molecule has 1 saturated heterocycles. The second-order valence-electron chi connectivity index (χ2n) is 5.31. The average molecular weight is 243 g/mol. The van der Waals surface area contributed by atoms with Crippen LogP contribution in [0.2, 0.25) is 0 Å². The molecule has 0 spiro atoms. The molecule has 96 valence electrons. The molecule has 1 heterocycles. The van der Waals surface area contributed by atoms with Crippen LogP contribution >= 0.6 is 0 Å². The van der Waals surface area contributed by atoms with Crippen molar-refractivity contribution in [3.63, 3.8) is 0 Å². The van der Waals surface area contributed by atoms with Gasteiger partial charge in [-0.15, -0.1) is 0 Å². The third-order valence-electron chi connectivity index (χ3n) is 4.04. The number of nitrogens with zero attached hydrogens (tertiary/aromatic N) is 1. The predicted octanol–water partition coefficient (Wildman–Crippen LogP) is 3.08. The molecule has 1 aliphatic heterocycles. The molecule has 0 aromatic heterocycles. The van der Waals surface area contributed by atoms with Crippen LogP contribution in [0.1, 0.15) is 31.4 Å². The summed E-state index contributed by atoms with van der Waals surface area (Å²) in [6, 6.07) is 8.81. The molecule has 0 N–H and O–H groups in total. The molecule has 1 aromatic carbocycles. The molecule has 1 aromatic rings. The minimum Gasteiger partial charge on any atom is -0.375 e. The largest absolute Gasteiger partial charge is 0.375 e. The van der Waals surface area contributed by atoms with Crippen molar-refractivity contribution in [1.29, 1.82) is 0 Å². The first kappa shape index (κ1) is 11.8. The first-order valence-electron chi connectivity index (χ1n) is 6.94. The highest BCUT2D eigenvalue weighted by molar-refractivity contribution is 5.74. The van der Waals surface area contributed by atoms with Gasteiger partial charge in [-0.1, -0.05) is 31.2 Å². The molecule has 2 nitrogen and oxygen atoms in total. The summed E-state index contributed by atoms with van der Waals surface area (Å²) in [4.78, 5) is 2.53. The monoisotopic (exact) mass is 243 g/mol. The highest BCUT2D eigenvalue weighted by atomic mass is 16.5. The van der Waals surface area contributed by atoms with Gasteiger partial charge >= 0.3 is 0 Å². The molecule has 2 heteroatoms. The van der Waals surface area contributed by atoms with Gasteiger partial charge in [-0.05, 0) is 30.9 Å². The topological polar surface area (TPSA) is 12.5 Å². The molecule has 1 unspecified atom stereocenters. The van der Waals surface area contributed by atoms with Gasteiger partial charge in [0.15, 0.2) is 0 Å². The van der Waals surface area contributed by atoms with Crippen LogP contribution in [0.15, 0.2) is 29.8 Å². The molecule has 1 fully saturated rings. The second-order valence-corrected chi connectivity index (χ2v) is 5.31. The fourth-order valence-electron chi connectivity index (χ4n) is 3.11. The molecule has 1 aliphatic carbocycles. The smallest absolute Gasteiger partial charge is 0.0748 e. The summed E-state index contributed by atoms with van der Waals surface area (Å²) in [5.74, 6) is 0. The Kier molecular flexibility index (Phi) is 3.13. The van der Waals surface area contributed by atoms with Crippen molar-refractivity contribution in [2.24, 2.45) is 0 Å². The second kappa shape index (κ2) is 4.77. The molecular formula is C16H21NO. The van der Waals surface area contributed by atoms with Crippen LogP contribution in [0.3, 0.4) is 0 Å². The van der Waals surface area contributed by atoms with E-state index in [4.69, 9.17) is 4.74 Å². The SMILES string of the molecule is CCC1CN(C2=C(C)Cc3ccccc32)CCO1. The van der Waals surface area contributed by atoms with E-state index in [0.29, 0.717) is 6.10 Å².